The number of hydrogen-bond donors (Lipinski definition) is 1. The van der Waals surface area contributed by atoms with E-state index in [-0.39, 0.29) is 5.91 Å². The molecule has 26 heavy (non-hydrogen) atoms. The molecule has 2 aromatic carbocycles. The van der Waals surface area contributed by atoms with Crippen molar-refractivity contribution in [2.45, 2.75) is 6.92 Å². The summed E-state index contributed by atoms with van der Waals surface area (Å²) in [5.74, 6) is 1.32. The molecule has 5 nitrogen and oxygen atoms in total. The normalized spacial score (nSPS) is 10.9. The molecular formula is C20H17ClN2O3. The van der Waals surface area contributed by atoms with Crippen LogP contribution >= 0.6 is 11.6 Å². The fourth-order valence-corrected chi connectivity index (χ4v) is 2.65. The Morgan fingerprint density at radius 3 is 2.81 bits per heavy atom. The summed E-state index contributed by atoms with van der Waals surface area (Å²) >= 11 is 6.05. The predicted octanol–water partition coefficient (Wildman–Crippen LogP) is 4.68. The van der Waals surface area contributed by atoms with E-state index in [1.807, 2.05) is 31.2 Å². The van der Waals surface area contributed by atoms with Crippen LogP contribution in [0, 0.1) is 6.92 Å². The van der Waals surface area contributed by atoms with Crippen molar-refractivity contribution in [2.75, 3.05) is 7.11 Å². The molecule has 0 fully saturated rings. The van der Waals surface area contributed by atoms with Crippen molar-refractivity contribution >= 4 is 23.7 Å². The third kappa shape index (κ3) is 3.95. The molecule has 0 saturated heterocycles. The van der Waals surface area contributed by atoms with Gasteiger partial charge in [0, 0.05) is 10.6 Å². The van der Waals surface area contributed by atoms with Crippen molar-refractivity contribution in [3.63, 3.8) is 0 Å². The van der Waals surface area contributed by atoms with E-state index in [9.17, 15) is 4.79 Å². The molecule has 0 spiro atoms. The summed E-state index contributed by atoms with van der Waals surface area (Å²) in [6.07, 6.45) is 1.44. The monoisotopic (exact) mass is 368 g/mol. The van der Waals surface area contributed by atoms with Crippen molar-refractivity contribution in [1.82, 2.24) is 5.43 Å². The maximum absolute atomic E-state index is 12.2. The number of aryl methyl sites for hydroxylation is 1. The van der Waals surface area contributed by atoms with Gasteiger partial charge < -0.3 is 9.15 Å². The number of hydrogen-bond acceptors (Lipinski definition) is 4. The number of methoxy groups -OCH3 is 1. The highest BCUT2D eigenvalue weighted by Gasteiger charge is 2.11. The van der Waals surface area contributed by atoms with Gasteiger partial charge in [0.1, 0.15) is 17.3 Å². The Morgan fingerprint density at radius 1 is 1.19 bits per heavy atom. The fourth-order valence-electron chi connectivity index (χ4n) is 2.47. The van der Waals surface area contributed by atoms with Gasteiger partial charge in [0.05, 0.1) is 18.9 Å². The number of rotatable bonds is 5. The van der Waals surface area contributed by atoms with Gasteiger partial charge in [-0.15, -0.1) is 0 Å². The fraction of sp³-hybridized carbons (Fsp3) is 0.100. The quantitative estimate of drug-likeness (QED) is 0.525. The largest absolute Gasteiger partial charge is 0.496 e. The summed E-state index contributed by atoms with van der Waals surface area (Å²) in [6.45, 7) is 1.98. The van der Waals surface area contributed by atoms with Gasteiger partial charge in [-0.1, -0.05) is 29.8 Å². The van der Waals surface area contributed by atoms with E-state index in [2.05, 4.69) is 10.5 Å². The minimum atomic E-state index is -0.365. The summed E-state index contributed by atoms with van der Waals surface area (Å²) in [7, 11) is 1.51. The Balaban J connectivity index is 1.71. The van der Waals surface area contributed by atoms with Crippen molar-refractivity contribution in [3.8, 4) is 17.1 Å². The number of benzene rings is 2. The van der Waals surface area contributed by atoms with Gasteiger partial charge >= 0.3 is 0 Å². The first-order chi connectivity index (χ1) is 12.6. The van der Waals surface area contributed by atoms with Gasteiger partial charge in [-0.2, -0.15) is 5.10 Å². The number of halogens is 1. The molecule has 0 radical (unpaired) electrons. The maximum Gasteiger partial charge on any atom is 0.275 e. The molecule has 3 rings (SSSR count). The third-order valence-corrected chi connectivity index (χ3v) is 4.04. The van der Waals surface area contributed by atoms with Gasteiger partial charge in [-0.05, 0) is 48.9 Å². The number of furan rings is 1. The second kappa shape index (κ2) is 7.89. The van der Waals surface area contributed by atoms with Crippen LogP contribution in [0.3, 0.4) is 0 Å². The molecule has 0 saturated carbocycles. The summed E-state index contributed by atoms with van der Waals surface area (Å²) < 4.78 is 10.9. The van der Waals surface area contributed by atoms with E-state index in [4.69, 9.17) is 20.8 Å². The molecule has 1 aromatic heterocycles. The van der Waals surface area contributed by atoms with E-state index >= 15 is 0 Å². The lowest BCUT2D eigenvalue weighted by Gasteiger charge is -2.05. The first-order valence-corrected chi connectivity index (χ1v) is 8.29. The van der Waals surface area contributed by atoms with Gasteiger partial charge in [0.25, 0.3) is 5.91 Å². The molecule has 0 unspecified atom stereocenters. The summed E-state index contributed by atoms with van der Waals surface area (Å²) in [5.41, 5.74) is 4.83. The molecule has 0 atom stereocenters. The van der Waals surface area contributed by atoms with E-state index in [0.29, 0.717) is 27.9 Å². The first-order valence-electron chi connectivity index (χ1n) is 7.91. The number of para-hydroxylation sites is 1. The second-order valence-corrected chi connectivity index (χ2v) is 6.00. The lowest BCUT2D eigenvalue weighted by Crippen LogP contribution is -2.18. The number of nitrogens with zero attached hydrogens (tertiary/aromatic N) is 1. The Bertz CT molecular complexity index is 963. The predicted molar refractivity (Wildman–Crippen MR) is 102 cm³/mol. The Morgan fingerprint density at radius 2 is 2.00 bits per heavy atom. The lowest BCUT2D eigenvalue weighted by molar-refractivity contribution is 0.0952. The minimum absolute atomic E-state index is 0.365. The molecule has 0 aliphatic rings. The van der Waals surface area contributed by atoms with Crippen molar-refractivity contribution in [1.29, 1.82) is 0 Å². The van der Waals surface area contributed by atoms with Crippen LogP contribution in [0.4, 0.5) is 0 Å². The zero-order valence-electron chi connectivity index (χ0n) is 14.3. The molecule has 1 amide bonds. The molecule has 1 N–H and O–H groups in total. The Kier molecular flexibility index (Phi) is 5.39. The molecule has 6 heteroatoms. The SMILES string of the molecule is COc1ccccc1C(=O)N/N=C/c1ccc(-c2cc(Cl)ccc2C)o1. The molecule has 3 aromatic rings. The third-order valence-electron chi connectivity index (χ3n) is 3.80. The number of amides is 1. The molecule has 0 aliphatic heterocycles. The molecular weight excluding hydrogens is 352 g/mol. The second-order valence-electron chi connectivity index (χ2n) is 5.56. The van der Waals surface area contributed by atoms with Crippen LogP contribution in [-0.2, 0) is 0 Å². The van der Waals surface area contributed by atoms with Crippen molar-refractivity contribution in [2.24, 2.45) is 5.10 Å². The van der Waals surface area contributed by atoms with Crippen LogP contribution in [0.1, 0.15) is 21.7 Å². The Hall–Kier alpha value is -3.05. The van der Waals surface area contributed by atoms with E-state index in [1.54, 1.807) is 30.3 Å². The smallest absolute Gasteiger partial charge is 0.275 e. The standard InChI is InChI=1S/C20H17ClN2O3/c1-13-7-8-14(21)11-17(13)19-10-9-15(26-19)12-22-23-20(24)16-5-3-4-6-18(16)25-2/h3-12H,1-2H3,(H,23,24)/b22-12+. The average Bonchev–Trinajstić information content (AvgIpc) is 3.12. The van der Waals surface area contributed by atoms with Crippen molar-refractivity contribution in [3.05, 3.63) is 76.5 Å². The van der Waals surface area contributed by atoms with E-state index < -0.39 is 0 Å². The highest BCUT2D eigenvalue weighted by molar-refractivity contribution is 6.30. The van der Waals surface area contributed by atoms with Gasteiger partial charge in [0.15, 0.2) is 0 Å². The molecule has 132 valence electrons. The summed E-state index contributed by atoms with van der Waals surface area (Å²) in [6, 6.07) is 16.1. The van der Waals surface area contributed by atoms with Crippen LogP contribution in [0.25, 0.3) is 11.3 Å². The van der Waals surface area contributed by atoms with Crippen LogP contribution in [-0.4, -0.2) is 19.2 Å². The number of carbonyl (C=O) groups is 1. The Labute approximate surface area is 156 Å². The number of hydrazone groups is 1. The molecule has 0 bridgehead atoms. The van der Waals surface area contributed by atoms with E-state index in [0.717, 1.165) is 11.1 Å². The lowest BCUT2D eigenvalue weighted by atomic mass is 10.1. The molecule has 1 heterocycles. The van der Waals surface area contributed by atoms with Crippen molar-refractivity contribution < 1.29 is 13.9 Å². The summed E-state index contributed by atoms with van der Waals surface area (Å²) in [4.78, 5) is 12.2. The highest BCUT2D eigenvalue weighted by atomic mass is 35.5. The van der Waals surface area contributed by atoms with Gasteiger partial charge in [0.2, 0.25) is 0 Å². The topological polar surface area (TPSA) is 63.8 Å². The molecule has 0 aliphatic carbocycles. The average molecular weight is 369 g/mol. The summed E-state index contributed by atoms with van der Waals surface area (Å²) in [5, 5.41) is 4.58. The van der Waals surface area contributed by atoms with Crippen LogP contribution in [0.2, 0.25) is 5.02 Å². The van der Waals surface area contributed by atoms with Crippen LogP contribution in [0.15, 0.2) is 64.1 Å². The van der Waals surface area contributed by atoms with E-state index in [1.165, 1.54) is 13.3 Å². The minimum Gasteiger partial charge on any atom is -0.496 e. The number of nitrogens with one attached hydrogen (secondary N) is 1. The van der Waals surface area contributed by atoms with Gasteiger partial charge in [-0.25, -0.2) is 5.43 Å². The highest BCUT2D eigenvalue weighted by Crippen LogP contribution is 2.27. The zero-order chi connectivity index (χ0) is 18.5. The zero-order valence-corrected chi connectivity index (χ0v) is 15.1. The number of carbonyl (C=O) groups excluding carboxylic acids is 1. The van der Waals surface area contributed by atoms with Crippen LogP contribution in [0.5, 0.6) is 5.75 Å². The first kappa shape index (κ1) is 17.8. The number of ether oxygens (including phenoxy) is 1. The maximum atomic E-state index is 12.2. The van der Waals surface area contributed by atoms with Crippen LogP contribution < -0.4 is 10.2 Å². The van der Waals surface area contributed by atoms with Gasteiger partial charge in [-0.3, -0.25) is 4.79 Å².